The second kappa shape index (κ2) is 3.02. The Bertz CT molecular complexity index is 458. The molecule has 1 aromatic heterocycles. The summed E-state index contributed by atoms with van der Waals surface area (Å²) in [6.07, 6.45) is 3.70. The maximum atomic E-state index is 4.28. The van der Waals surface area contributed by atoms with Gasteiger partial charge in [0.1, 0.15) is 0 Å². The first kappa shape index (κ1) is 7.99. The smallest absolute Gasteiger partial charge is 0.0708 e. The topological polar surface area (TPSA) is 12.9 Å². The summed E-state index contributed by atoms with van der Waals surface area (Å²) >= 11 is 0. The molecule has 1 aromatic carbocycles. The molecule has 0 saturated carbocycles. The molecule has 0 spiro atoms. The number of fused-ring (bicyclic) bond motifs is 1. The van der Waals surface area contributed by atoms with Crippen LogP contribution >= 0.6 is 0 Å². The highest BCUT2D eigenvalue weighted by Gasteiger charge is 2.00. The van der Waals surface area contributed by atoms with Crippen LogP contribution in [0, 0.1) is 6.92 Å². The highest BCUT2D eigenvalue weighted by atomic mass is 14.6. The molecular formula is C12H11N. The standard InChI is InChI=1S/C12H11N/c1-3-10-9(2)6-7-12-11(10)5-4-8-13-12/h3-8H,1H2,2H3. The van der Waals surface area contributed by atoms with Crippen molar-refractivity contribution in [2.24, 2.45) is 0 Å². The van der Waals surface area contributed by atoms with Crippen molar-refractivity contribution in [1.82, 2.24) is 4.98 Å². The van der Waals surface area contributed by atoms with Crippen molar-refractivity contribution in [3.63, 3.8) is 0 Å². The van der Waals surface area contributed by atoms with Crippen molar-refractivity contribution in [3.05, 3.63) is 48.2 Å². The summed E-state index contributed by atoms with van der Waals surface area (Å²) < 4.78 is 0. The van der Waals surface area contributed by atoms with Crippen LogP contribution in [-0.4, -0.2) is 4.98 Å². The van der Waals surface area contributed by atoms with E-state index in [1.807, 2.05) is 24.4 Å². The second-order valence-electron chi connectivity index (χ2n) is 3.07. The third-order valence-electron chi connectivity index (χ3n) is 2.25. The van der Waals surface area contributed by atoms with Crippen molar-refractivity contribution < 1.29 is 0 Å². The fraction of sp³-hybridized carbons (Fsp3) is 0.0833. The van der Waals surface area contributed by atoms with Crippen molar-refractivity contribution in [1.29, 1.82) is 0 Å². The van der Waals surface area contributed by atoms with E-state index in [2.05, 4.69) is 30.6 Å². The van der Waals surface area contributed by atoms with Gasteiger partial charge in [-0.3, -0.25) is 4.98 Å². The van der Waals surface area contributed by atoms with Gasteiger partial charge in [-0.1, -0.05) is 24.8 Å². The zero-order valence-corrected chi connectivity index (χ0v) is 7.62. The van der Waals surface area contributed by atoms with Crippen molar-refractivity contribution in [2.75, 3.05) is 0 Å². The predicted molar refractivity (Wildman–Crippen MR) is 56.6 cm³/mol. The minimum absolute atomic E-state index is 1.03. The van der Waals surface area contributed by atoms with Gasteiger partial charge >= 0.3 is 0 Å². The van der Waals surface area contributed by atoms with E-state index in [9.17, 15) is 0 Å². The molecule has 0 fully saturated rings. The number of rotatable bonds is 1. The Balaban J connectivity index is 2.91. The number of aryl methyl sites for hydroxylation is 1. The van der Waals surface area contributed by atoms with Crippen LogP contribution in [0.5, 0.6) is 0 Å². The van der Waals surface area contributed by atoms with Gasteiger partial charge in [0.05, 0.1) is 5.52 Å². The van der Waals surface area contributed by atoms with Gasteiger partial charge < -0.3 is 0 Å². The lowest BCUT2D eigenvalue weighted by atomic mass is 10.0. The summed E-state index contributed by atoms with van der Waals surface area (Å²) in [5, 5.41) is 1.18. The van der Waals surface area contributed by atoms with Gasteiger partial charge in [0.2, 0.25) is 0 Å². The van der Waals surface area contributed by atoms with Crippen LogP contribution in [0.4, 0.5) is 0 Å². The van der Waals surface area contributed by atoms with E-state index >= 15 is 0 Å². The number of benzene rings is 1. The van der Waals surface area contributed by atoms with Gasteiger partial charge in [0.25, 0.3) is 0 Å². The summed E-state index contributed by atoms with van der Waals surface area (Å²) in [5.41, 5.74) is 3.46. The molecule has 0 saturated heterocycles. The number of aromatic nitrogens is 1. The number of nitrogens with zero attached hydrogens (tertiary/aromatic N) is 1. The molecule has 0 atom stereocenters. The zero-order valence-electron chi connectivity index (χ0n) is 7.62. The fourth-order valence-corrected chi connectivity index (χ4v) is 1.56. The van der Waals surface area contributed by atoms with E-state index in [4.69, 9.17) is 0 Å². The molecule has 0 aliphatic carbocycles. The molecule has 0 unspecified atom stereocenters. The first-order chi connectivity index (χ1) is 6.33. The van der Waals surface area contributed by atoms with E-state index in [1.54, 1.807) is 0 Å². The molecule has 0 bridgehead atoms. The normalized spacial score (nSPS) is 10.2. The number of hydrogen-bond acceptors (Lipinski definition) is 1. The second-order valence-corrected chi connectivity index (χ2v) is 3.07. The third-order valence-corrected chi connectivity index (χ3v) is 2.25. The van der Waals surface area contributed by atoms with E-state index in [0.717, 1.165) is 5.52 Å². The molecule has 2 aromatic rings. The summed E-state index contributed by atoms with van der Waals surface area (Å²) in [4.78, 5) is 4.28. The average Bonchev–Trinajstić information content (AvgIpc) is 2.18. The predicted octanol–water partition coefficient (Wildman–Crippen LogP) is 3.19. The summed E-state index contributed by atoms with van der Waals surface area (Å²) in [5.74, 6) is 0. The number of hydrogen-bond donors (Lipinski definition) is 0. The molecule has 0 N–H and O–H groups in total. The summed E-state index contributed by atoms with van der Waals surface area (Å²) in [6.45, 7) is 5.90. The van der Waals surface area contributed by atoms with Gasteiger partial charge in [-0.25, -0.2) is 0 Å². The quantitative estimate of drug-likeness (QED) is 0.638. The Morgan fingerprint density at radius 1 is 1.31 bits per heavy atom. The van der Waals surface area contributed by atoms with Crippen LogP contribution in [-0.2, 0) is 0 Å². The number of pyridine rings is 1. The lowest BCUT2D eigenvalue weighted by molar-refractivity contribution is 1.39. The van der Waals surface area contributed by atoms with Crippen molar-refractivity contribution in [3.8, 4) is 0 Å². The molecule has 0 radical (unpaired) electrons. The van der Waals surface area contributed by atoms with Gasteiger partial charge in [-0.05, 0) is 30.2 Å². The van der Waals surface area contributed by atoms with E-state index in [-0.39, 0.29) is 0 Å². The SMILES string of the molecule is C=Cc1c(C)ccc2ncccc12. The highest BCUT2D eigenvalue weighted by Crippen LogP contribution is 2.20. The molecular weight excluding hydrogens is 158 g/mol. The molecule has 1 heteroatoms. The Morgan fingerprint density at radius 3 is 2.92 bits per heavy atom. The van der Waals surface area contributed by atoms with Crippen LogP contribution in [0.3, 0.4) is 0 Å². The van der Waals surface area contributed by atoms with Crippen LogP contribution in [0.2, 0.25) is 0 Å². The van der Waals surface area contributed by atoms with Crippen LogP contribution in [0.15, 0.2) is 37.0 Å². The Hall–Kier alpha value is -1.63. The van der Waals surface area contributed by atoms with Gasteiger partial charge in [0.15, 0.2) is 0 Å². The molecule has 13 heavy (non-hydrogen) atoms. The van der Waals surface area contributed by atoms with Crippen LogP contribution in [0.25, 0.3) is 17.0 Å². The molecule has 0 aliphatic heterocycles. The lowest BCUT2D eigenvalue weighted by Crippen LogP contribution is -1.85. The molecule has 64 valence electrons. The Morgan fingerprint density at radius 2 is 2.15 bits per heavy atom. The molecule has 0 amide bonds. The first-order valence-electron chi connectivity index (χ1n) is 4.29. The maximum Gasteiger partial charge on any atom is 0.0708 e. The Kier molecular flexibility index (Phi) is 1.85. The van der Waals surface area contributed by atoms with Gasteiger partial charge in [-0.2, -0.15) is 0 Å². The average molecular weight is 169 g/mol. The van der Waals surface area contributed by atoms with Crippen LogP contribution in [0.1, 0.15) is 11.1 Å². The molecule has 0 aliphatic rings. The highest BCUT2D eigenvalue weighted by molar-refractivity contribution is 5.88. The third kappa shape index (κ3) is 1.22. The zero-order chi connectivity index (χ0) is 9.26. The summed E-state index contributed by atoms with van der Waals surface area (Å²) in [6, 6.07) is 8.14. The molecule has 1 heterocycles. The van der Waals surface area contributed by atoms with Gasteiger partial charge in [-0.15, -0.1) is 0 Å². The first-order valence-corrected chi connectivity index (χ1v) is 4.29. The summed E-state index contributed by atoms with van der Waals surface area (Å²) in [7, 11) is 0. The fourth-order valence-electron chi connectivity index (χ4n) is 1.56. The van der Waals surface area contributed by atoms with E-state index < -0.39 is 0 Å². The van der Waals surface area contributed by atoms with E-state index in [1.165, 1.54) is 16.5 Å². The van der Waals surface area contributed by atoms with E-state index in [0.29, 0.717) is 0 Å². The molecule has 2 rings (SSSR count). The van der Waals surface area contributed by atoms with Crippen molar-refractivity contribution in [2.45, 2.75) is 6.92 Å². The maximum absolute atomic E-state index is 4.28. The van der Waals surface area contributed by atoms with Crippen molar-refractivity contribution >= 4 is 17.0 Å². The Labute approximate surface area is 77.7 Å². The lowest BCUT2D eigenvalue weighted by Gasteiger charge is -2.04. The molecule has 1 nitrogen and oxygen atoms in total. The minimum atomic E-state index is 1.03. The minimum Gasteiger partial charge on any atom is -0.256 e. The van der Waals surface area contributed by atoms with Gasteiger partial charge in [0, 0.05) is 11.6 Å². The monoisotopic (exact) mass is 169 g/mol. The van der Waals surface area contributed by atoms with Crippen LogP contribution < -0.4 is 0 Å². The largest absolute Gasteiger partial charge is 0.256 e.